The molecule has 0 radical (unpaired) electrons. The smallest absolute Gasteiger partial charge is 0.331 e. The first-order valence-electron chi connectivity index (χ1n) is 13.1. The predicted octanol–water partition coefficient (Wildman–Crippen LogP) is 6.74. The molecule has 0 fully saturated rings. The number of thioether (sulfide) groups is 1. The summed E-state index contributed by atoms with van der Waals surface area (Å²) in [6.07, 6.45) is 9.48. The van der Waals surface area contributed by atoms with Gasteiger partial charge in [-0.1, -0.05) is 39.5 Å². The van der Waals surface area contributed by atoms with E-state index in [-0.39, 0.29) is 10.6 Å². The standard InChI is InChI=1S/C29H40N2O5S2/c1-6-8-15-29(16-9-7-2)20-31(23-12-10-22(11-13-23)30(3)4)24-18-26(37-5)25(36-17-14-28(32)33)19-27(24)38(34,35)21-29/h10-14,17-19H,6-9,15-16,20-21H2,1-5H3,(H,32,33)/b17-14+. The Labute approximate surface area is 231 Å². The Morgan fingerprint density at radius 1 is 1.13 bits per heavy atom. The lowest BCUT2D eigenvalue weighted by atomic mass is 9.79. The van der Waals surface area contributed by atoms with E-state index in [9.17, 15) is 13.2 Å². The number of unbranched alkanes of at least 4 members (excludes halogenated alkanes) is 2. The van der Waals surface area contributed by atoms with Crippen LogP contribution in [0.3, 0.4) is 0 Å². The van der Waals surface area contributed by atoms with Gasteiger partial charge in [-0.25, -0.2) is 13.2 Å². The highest BCUT2D eigenvalue weighted by molar-refractivity contribution is 7.98. The molecule has 1 aliphatic heterocycles. The lowest BCUT2D eigenvalue weighted by Crippen LogP contribution is -2.38. The third-order valence-corrected chi connectivity index (χ3v) is 9.81. The molecule has 3 rings (SSSR count). The highest BCUT2D eigenvalue weighted by Crippen LogP contribution is 2.48. The SMILES string of the molecule is CCCCC1(CCCC)CN(c2ccc(N(C)C)cc2)c2cc(SC)c(O/C=C/C(=O)O)cc2S(=O)(=O)C1. The molecule has 0 unspecified atom stereocenters. The maximum atomic E-state index is 14.1. The maximum Gasteiger partial charge on any atom is 0.331 e. The predicted molar refractivity (Wildman–Crippen MR) is 157 cm³/mol. The van der Waals surface area contributed by atoms with Crippen molar-refractivity contribution in [2.45, 2.75) is 62.2 Å². The molecule has 0 spiro atoms. The van der Waals surface area contributed by atoms with Crippen molar-refractivity contribution in [3.8, 4) is 5.75 Å². The molecule has 38 heavy (non-hydrogen) atoms. The molecule has 1 N–H and O–H groups in total. The van der Waals surface area contributed by atoms with E-state index in [1.54, 1.807) is 6.07 Å². The summed E-state index contributed by atoms with van der Waals surface area (Å²) in [5.41, 5.74) is 2.25. The fraction of sp³-hybridized carbons (Fsp3) is 0.483. The van der Waals surface area contributed by atoms with Gasteiger partial charge in [0.15, 0.2) is 9.84 Å². The van der Waals surface area contributed by atoms with Gasteiger partial charge >= 0.3 is 5.97 Å². The van der Waals surface area contributed by atoms with Crippen LogP contribution in [0.4, 0.5) is 17.1 Å². The van der Waals surface area contributed by atoms with Crippen LogP contribution in [0, 0.1) is 5.41 Å². The van der Waals surface area contributed by atoms with E-state index < -0.39 is 21.2 Å². The topological polar surface area (TPSA) is 87.2 Å². The zero-order chi connectivity index (χ0) is 27.9. The molecule has 0 bridgehead atoms. The molecule has 208 valence electrons. The molecule has 0 saturated carbocycles. The molecule has 0 saturated heterocycles. The van der Waals surface area contributed by atoms with E-state index in [1.807, 2.05) is 31.3 Å². The van der Waals surface area contributed by atoms with Gasteiger partial charge < -0.3 is 19.6 Å². The van der Waals surface area contributed by atoms with Crippen molar-refractivity contribution >= 4 is 44.6 Å². The summed E-state index contributed by atoms with van der Waals surface area (Å²) in [5, 5.41) is 8.97. The molecule has 0 aliphatic carbocycles. The van der Waals surface area contributed by atoms with Gasteiger partial charge in [0, 0.05) is 43.5 Å². The second kappa shape index (κ2) is 12.9. The minimum Gasteiger partial charge on any atom is -0.478 e. The number of carboxylic acid groups (broad SMARTS) is 1. The summed E-state index contributed by atoms with van der Waals surface area (Å²) in [6, 6.07) is 11.7. The lowest BCUT2D eigenvalue weighted by molar-refractivity contribution is -0.131. The third kappa shape index (κ3) is 7.05. The second-order valence-corrected chi connectivity index (χ2v) is 13.0. The zero-order valence-electron chi connectivity index (χ0n) is 23.1. The van der Waals surface area contributed by atoms with Crippen LogP contribution >= 0.6 is 11.8 Å². The first-order chi connectivity index (χ1) is 18.1. The number of rotatable bonds is 12. The van der Waals surface area contributed by atoms with Crippen molar-refractivity contribution in [2.24, 2.45) is 5.41 Å². The van der Waals surface area contributed by atoms with Gasteiger partial charge in [-0.3, -0.25) is 0 Å². The minimum absolute atomic E-state index is 0.0717. The number of carboxylic acids is 1. The van der Waals surface area contributed by atoms with Crippen LogP contribution in [-0.2, 0) is 14.6 Å². The zero-order valence-corrected chi connectivity index (χ0v) is 24.7. The summed E-state index contributed by atoms with van der Waals surface area (Å²) < 4.78 is 33.8. The third-order valence-electron chi connectivity index (χ3n) is 7.07. The van der Waals surface area contributed by atoms with Crippen LogP contribution in [0.15, 0.2) is 58.5 Å². The fourth-order valence-electron chi connectivity index (χ4n) is 5.05. The number of benzene rings is 2. The van der Waals surface area contributed by atoms with Crippen molar-refractivity contribution < 1.29 is 23.1 Å². The van der Waals surface area contributed by atoms with E-state index in [1.165, 1.54) is 11.8 Å². The average Bonchev–Trinajstić information content (AvgIpc) is 2.97. The molecule has 2 aromatic rings. The summed E-state index contributed by atoms with van der Waals surface area (Å²) in [4.78, 5) is 16.1. The Morgan fingerprint density at radius 3 is 2.29 bits per heavy atom. The van der Waals surface area contributed by atoms with E-state index in [0.717, 1.165) is 67.1 Å². The molecular weight excluding hydrogens is 520 g/mol. The van der Waals surface area contributed by atoms with Crippen molar-refractivity contribution in [1.82, 2.24) is 0 Å². The molecule has 0 amide bonds. The summed E-state index contributed by atoms with van der Waals surface area (Å²) in [5.74, 6) is -0.737. The van der Waals surface area contributed by atoms with E-state index in [4.69, 9.17) is 9.84 Å². The Bertz CT molecular complexity index is 1230. The van der Waals surface area contributed by atoms with Crippen molar-refractivity contribution in [1.29, 1.82) is 0 Å². The number of nitrogens with zero attached hydrogens (tertiary/aromatic N) is 2. The van der Waals surface area contributed by atoms with Crippen LogP contribution in [-0.4, -0.2) is 52.1 Å². The minimum atomic E-state index is -3.68. The molecule has 1 aliphatic rings. The number of aliphatic carboxylic acids is 1. The number of hydrogen-bond donors (Lipinski definition) is 1. The molecule has 0 atom stereocenters. The molecule has 7 nitrogen and oxygen atoms in total. The Morgan fingerprint density at radius 2 is 1.76 bits per heavy atom. The Kier molecular flexibility index (Phi) is 10.2. The van der Waals surface area contributed by atoms with Crippen LogP contribution < -0.4 is 14.5 Å². The van der Waals surface area contributed by atoms with Crippen LogP contribution in [0.25, 0.3) is 0 Å². The first kappa shape index (κ1) is 29.9. The van der Waals surface area contributed by atoms with E-state index in [0.29, 0.717) is 18.0 Å². The van der Waals surface area contributed by atoms with Crippen molar-refractivity contribution in [2.75, 3.05) is 42.4 Å². The van der Waals surface area contributed by atoms with Gasteiger partial charge in [0.2, 0.25) is 0 Å². The average molecular weight is 561 g/mol. The van der Waals surface area contributed by atoms with Gasteiger partial charge in [-0.15, -0.1) is 11.8 Å². The normalized spacial score (nSPS) is 16.2. The first-order valence-corrected chi connectivity index (χ1v) is 16.0. The van der Waals surface area contributed by atoms with Crippen molar-refractivity contribution in [3.63, 3.8) is 0 Å². The molecular formula is C29H40N2O5S2. The maximum absolute atomic E-state index is 14.1. The Hall–Kier alpha value is -2.65. The molecule has 0 aromatic heterocycles. The number of anilines is 3. The molecule has 9 heteroatoms. The summed E-state index contributed by atoms with van der Waals surface area (Å²) in [6.45, 7) is 4.89. The quantitative estimate of drug-likeness (QED) is 0.173. The highest BCUT2D eigenvalue weighted by Gasteiger charge is 2.42. The number of sulfone groups is 1. The molecule has 1 heterocycles. The number of ether oxygens (including phenoxy) is 1. The van der Waals surface area contributed by atoms with E-state index >= 15 is 0 Å². The second-order valence-electron chi connectivity index (χ2n) is 10.2. The van der Waals surface area contributed by atoms with Crippen molar-refractivity contribution in [3.05, 3.63) is 48.7 Å². The van der Waals surface area contributed by atoms with Crippen LogP contribution in [0.1, 0.15) is 52.4 Å². The lowest BCUT2D eigenvalue weighted by Gasteiger charge is -2.37. The monoisotopic (exact) mass is 560 g/mol. The van der Waals surface area contributed by atoms with Gasteiger partial charge in [-0.2, -0.15) is 0 Å². The largest absolute Gasteiger partial charge is 0.478 e. The number of hydrogen-bond acceptors (Lipinski definition) is 7. The van der Waals surface area contributed by atoms with Crippen LogP contribution in [0.5, 0.6) is 5.75 Å². The van der Waals surface area contributed by atoms with Crippen LogP contribution in [0.2, 0.25) is 0 Å². The highest BCUT2D eigenvalue weighted by atomic mass is 32.2. The van der Waals surface area contributed by atoms with Gasteiger partial charge in [-0.05, 0) is 49.4 Å². The summed E-state index contributed by atoms with van der Waals surface area (Å²) >= 11 is 1.43. The van der Waals surface area contributed by atoms with Gasteiger partial charge in [0.25, 0.3) is 0 Å². The van der Waals surface area contributed by atoms with Gasteiger partial charge in [0.05, 0.1) is 33.6 Å². The summed E-state index contributed by atoms with van der Waals surface area (Å²) in [7, 11) is 0.311. The molecule has 2 aromatic carbocycles. The number of carbonyl (C=O) groups is 1. The number of fused-ring (bicyclic) bond motifs is 1. The fourth-order valence-corrected chi connectivity index (χ4v) is 7.70. The Balaban J connectivity index is 2.25. The van der Waals surface area contributed by atoms with Gasteiger partial charge in [0.1, 0.15) is 5.75 Å². The van der Waals surface area contributed by atoms with E-state index in [2.05, 4.69) is 43.0 Å².